The Bertz CT molecular complexity index is 421. The highest BCUT2D eigenvalue weighted by molar-refractivity contribution is 5.82. The van der Waals surface area contributed by atoms with Crippen molar-refractivity contribution >= 4 is 12.0 Å². The number of unbranched alkanes of at least 4 members (excludes halogenated alkanes) is 1. The van der Waals surface area contributed by atoms with E-state index in [1.807, 2.05) is 6.92 Å². The number of carboxylic acids is 1. The van der Waals surface area contributed by atoms with Crippen molar-refractivity contribution in [2.45, 2.75) is 44.8 Å². The average Bonchev–Trinajstić information content (AvgIpc) is 2.42. The van der Waals surface area contributed by atoms with E-state index >= 15 is 0 Å². The first-order chi connectivity index (χ1) is 9.75. The quantitative estimate of drug-likeness (QED) is 0.767. The molecular formula is C13H19F3N2O3. The van der Waals surface area contributed by atoms with Crippen LogP contribution in [0.3, 0.4) is 0 Å². The lowest BCUT2D eigenvalue weighted by atomic mass is 10.1. The predicted octanol–water partition coefficient (Wildman–Crippen LogP) is 2.53. The summed E-state index contributed by atoms with van der Waals surface area (Å²) in [6.07, 6.45) is -1.94. The monoisotopic (exact) mass is 308 g/mol. The standard InChI is InChI=1S/C13H19F3N2O3/c1-2-3-4-10(11(19)20)17-12(21)18-7-5-9(6-8-18)13(14,15)16/h5,10H,2-4,6-8H2,1H3,(H,17,21)(H,19,20). The van der Waals surface area contributed by atoms with Crippen molar-refractivity contribution in [3.63, 3.8) is 0 Å². The molecule has 5 nitrogen and oxygen atoms in total. The number of carboxylic acid groups (broad SMARTS) is 1. The molecule has 1 rings (SSSR count). The van der Waals surface area contributed by atoms with Crippen molar-refractivity contribution in [3.05, 3.63) is 11.6 Å². The van der Waals surface area contributed by atoms with Gasteiger partial charge >= 0.3 is 18.2 Å². The smallest absolute Gasteiger partial charge is 0.412 e. The topological polar surface area (TPSA) is 69.6 Å². The second kappa shape index (κ2) is 7.33. The van der Waals surface area contributed by atoms with Crippen molar-refractivity contribution < 1.29 is 27.9 Å². The van der Waals surface area contributed by atoms with E-state index in [0.29, 0.717) is 12.8 Å². The number of carbonyl (C=O) groups excluding carboxylic acids is 1. The molecule has 0 fully saturated rings. The summed E-state index contributed by atoms with van der Waals surface area (Å²) in [5.74, 6) is -1.14. The second-order valence-electron chi connectivity index (χ2n) is 4.91. The van der Waals surface area contributed by atoms with Gasteiger partial charge in [-0.25, -0.2) is 9.59 Å². The Balaban J connectivity index is 2.57. The number of hydrogen-bond acceptors (Lipinski definition) is 2. The first kappa shape index (κ1) is 17.3. The van der Waals surface area contributed by atoms with E-state index in [9.17, 15) is 22.8 Å². The third kappa shape index (κ3) is 5.28. The maximum atomic E-state index is 12.5. The van der Waals surface area contributed by atoms with Gasteiger partial charge in [-0.2, -0.15) is 13.2 Å². The maximum Gasteiger partial charge on any atom is 0.412 e. The van der Waals surface area contributed by atoms with Crippen LogP contribution < -0.4 is 5.32 Å². The summed E-state index contributed by atoms with van der Waals surface area (Å²) in [5.41, 5.74) is -0.646. The summed E-state index contributed by atoms with van der Waals surface area (Å²) in [5, 5.41) is 11.4. The van der Waals surface area contributed by atoms with Gasteiger partial charge in [0.2, 0.25) is 0 Å². The average molecular weight is 308 g/mol. The van der Waals surface area contributed by atoms with Crippen molar-refractivity contribution in [3.8, 4) is 0 Å². The van der Waals surface area contributed by atoms with E-state index in [0.717, 1.165) is 12.5 Å². The third-order valence-corrected chi connectivity index (χ3v) is 3.30. The van der Waals surface area contributed by atoms with Crippen LogP contribution in [0.25, 0.3) is 0 Å². The predicted molar refractivity (Wildman–Crippen MR) is 69.8 cm³/mol. The molecule has 2 N–H and O–H groups in total. The fourth-order valence-corrected chi connectivity index (χ4v) is 2.02. The summed E-state index contributed by atoms with van der Waals surface area (Å²) < 4.78 is 37.4. The van der Waals surface area contributed by atoms with E-state index < -0.39 is 29.8 Å². The van der Waals surface area contributed by atoms with Crippen LogP contribution in [-0.4, -0.2) is 47.3 Å². The first-order valence-electron chi connectivity index (χ1n) is 6.80. The van der Waals surface area contributed by atoms with Gasteiger partial charge in [-0.3, -0.25) is 0 Å². The highest BCUT2D eigenvalue weighted by atomic mass is 19.4. The lowest BCUT2D eigenvalue weighted by Crippen LogP contribution is -2.49. The molecule has 0 radical (unpaired) electrons. The molecule has 120 valence electrons. The molecule has 1 aliphatic heterocycles. The number of aliphatic carboxylic acids is 1. The molecule has 21 heavy (non-hydrogen) atoms. The zero-order valence-corrected chi connectivity index (χ0v) is 11.7. The fourth-order valence-electron chi connectivity index (χ4n) is 2.02. The van der Waals surface area contributed by atoms with E-state index in [-0.39, 0.29) is 19.5 Å². The minimum absolute atomic E-state index is 0.0721. The number of urea groups is 1. The first-order valence-corrected chi connectivity index (χ1v) is 6.80. The van der Waals surface area contributed by atoms with Crippen LogP contribution in [0, 0.1) is 0 Å². The van der Waals surface area contributed by atoms with Gasteiger partial charge in [-0.05, 0) is 12.8 Å². The number of carbonyl (C=O) groups is 2. The molecule has 1 unspecified atom stereocenters. The Morgan fingerprint density at radius 2 is 2.14 bits per heavy atom. The van der Waals surface area contributed by atoms with Gasteiger partial charge in [0, 0.05) is 18.7 Å². The minimum atomic E-state index is -4.37. The molecule has 0 bridgehead atoms. The van der Waals surface area contributed by atoms with Crippen LogP contribution in [0.5, 0.6) is 0 Å². The molecule has 8 heteroatoms. The maximum absolute atomic E-state index is 12.5. The molecule has 1 heterocycles. The molecule has 0 spiro atoms. The normalized spacial score (nSPS) is 17.1. The zero-order chi connectivity index (χ0) is 16.0. The van der Waals surface area contributed by atoms with Gasteiger partial charge in [0.15, 0.2) is 0 Å². The summed E-state index contributed by atoms with van der Waals surface area (Å²) in [6.45, 7) is 1.66. The SMILES string of the molecule is CCCCC(NC(=O)N1CC=C(C(F)(F)F)CC1)C(=O)O. The van der Waals surface area contributed by atoms with Gasteiger partial charge in [0.05, 0.1) is 0 Å². The van der Waals surface area contributed by atoms with Crippen LogP contribution in [-0.2, 0) is 4.79 Å². The van der Waals surface area contributed by atoms with E-state index in [4.69, 9.17) is 5.11 Å². The van der Waals surface area contributed by atoms with Crippen LogP contribution >= 0.6 is 0 Å². The second-order valence-corrected chi connectivity index (χ2v) is 4.91. The fraction of sp³-hybridized carbons (Fsp3) is 0.692. The highest BCUT2D eigenvalue weighted by Gasteiger charge is 2.35. The number of nitrogens with zero attached hydrogens (tertiary/aromatic N) is 1. The van der Waals surface area contributed by atoms with Crippen LogP contribution in [0.1, 0.15) is 32.6 Å². The van der Waals surface area contributed by atoms with Gasteiger partial charge in [0.25, 0.3) is 0 Å². The van der Waals surface area contributed by atoms with Crippen LogP contribution in [0.2, 0.25) is 0 Å². The summed E-state index contributed by atoms with van der Waals surface area (Å²) in [4.78, 5) is 24.1. The van der Waals surface area contributed by atoms with Gasteiger partial charge in [0.1, 0.15) is 6.04 Å². The number of halogens is 3. The van der Waals surface area contributed by atoms with E-state index in [2.05, 4.69) is 5.32 Å². The van der Waals surface area contributed by atoms with Gasteiger partial charge in [-0.15, -0.1) is 0 Å². The summed E-state index contributed by atoms with van der Waals surface area (Å²) in [6, 6.07) is -1.65. The van der Waals surface area contributed by atoms with E-state index in [1.165, 1.54) is 4.90 Å². The molecule has 1 aliphatic rings. The Morgan fingerprint density at radius 3 is 2.57 bits per heavy atom. The molecule has 1 atom stereocenters. The molecular weight excluding hydrogens is 289 g/mol. The molecule has 2 amide bonds. The third-order valence-electron chi connectivity index (χ3n) is 3.30. The number of nitrogens with one attached hydrogen (secondary N) is 1. The van der Waals surface area contributed by atoms with Crippen molar-refractivity contribution in [1.82, 2.24) is 10.2 Å². The lowest BCUT2D eigenvalue weighted by molar-refractivity contribution is -0.139. The summed E-state index contributed by atoms with van der Waals surface area (Å²) >= 11 is 0. The van der Waals surface area contributed by atoms with Crippen molar-refractivity contribution in [2.24, 2.45) is 0 Å². The molecule has 0 saturated carbocycles. The Kier molecular flexibility index (Phi) is 6.04. The largest absolute Gasteiger partial charge is 0.480 e. The molecule has 0 saturated heterocycles. The number of hydrogen-bond donors (Lipinski definition) is 2. The molecule has 0 aromatic heterocycles. The molecule has 0 aliphatic carbocycles. The van der Waals surface area contributed by atoms with Crippen molar-refractivity contribution in [2.75, 3.05) is 13.1 Å². The van der Waals surface area contributed by atoms with Crippen LogP contribution in [0.4, 0.5) is 18.0 Å². The lowest BCUT2D eigenvalue weighted by Gasteiger charge is -2.28. The van der Waals surface area contributed by atoms with Gasteiger partial charge in [-0.1, -0.05) is 25.8 Å². The Labute approximate surface area is 120 Å². The Morgan fingerprint density at radius 1 is 1.48 bits per heavy atom. The number of amides is 2. The number of rotatable bonds is 5. The molecule has 0 aromatic rings. The van der Waals surface area contributed by atoms with Gasteiger partial charge < -0.3 is 15.3 Å². The Hall–Kier alpha value is -1.73. The molecule has 0 aromatic carbocycles. The van der Waals surface area contributed by atoms with Crippen molar-refractivity contribution in [1.29, 1.82) is 0 Å². The van der Waals surface area contributed by atoms with E-state index in [1.54, 1.807) is 0 Å². The number of alkyl halides is 3. The summed E-state index contributed by atoms with van der Waals surface area (Å²) in [7, 11) is 0. The highest BCUT2D eigenvalue weighted by Crippen LogP contribution is 2.30. The van der Waals surface area contributed by atoms with Crippen LogP contribution in [0.15, 0.2) is 11.6 Å². The minimum Gasteiger partial charge on any atom is -0.480 e. The zero-order valence-electron chi connectivity index (χ0n) is 11.7.